The van der Waals surface area contributed by atoms with Crippen molar-refractivity contribution in [3.05, 3.63) is 64.7 Å². The minimum atomic E-state index is -3.26. The van der Waals surface area contributed by atoms with Gasteiger partial charge in [0, 0.05) is 62.8 Å². The quantitative estimate of drug-likeness (QED) is 0.455. The van der Waals surface area contributed by atoms with Crippen LogP contribution in [0.3, 0.4) is 0 Å². The summed E-state index contributed by atoms with van der Waals surface area (Å²) in [6, 6.07) is 15.4. The highest BCUT2D eigenvalue weighted by Crippen LogP contribution is 2.33. The Morgan fingerprint density at radius 3 is 2.19 bits per heavy atom. The lowest BCUT2D eigenvalue weighted by atomic mass is 9.93. The van der Waals surface area contributed by atoms with E-state index < -0.39 is 15.0 Å². The number of piperazine rings is 1. The number of carbonyl (C=O) groups excluding carboxylic acids is 1. The Morgan fingerprint density at radius 2 is 1.62 bits per heavy atom. The molecule has 2 atom stereocenters. The van der Waals surface area contributed by atoms with Crippen LogP contribution in [-0.4, -0.2) is 97.1 Å². The van der Waals surface area contributed by atoms with Gasteiger partial charge in [0.15, 0.2) is 0 Å². The van der Waals surface area contributed by atoms with Crippen molar-refractivity contribution in [2.45, 2.75) is 23.5 Å². The van der Waals surface area contributed by atoms with Gasteiger partial charge in [0.1, 0.15) is 5.75 Å². The molecule has 0 saturated carbocycles. The molecule has 0 aliphatic carbocycles. The fourth-order valence-corrected chi connectivity index (χ4v) is 6.18. The number of urea groups is 1. The summed E-state index contributed by atoms with van der Waals surface area (Å²) in [6.45, 7) is 3.21. The summed E-state index contributed by atoms with van der Waals surface area (Å²) in [5.74, 6) is 0.688. The largest absolute Gasteiger partial charge is 0.461 e. The number of likely N-dealkylation sites (N-methyl/N-ethyl adjacent to an activating group) is 1. The highest BCUT2D eigenvalue weighted by atomic mass is 35.5. The van der Waals surface area contributed by atoms with Crippen LogP contribution in [0.15, 0.2) is 48.5 Å². The van der Waals surface area contributed by atoms with Crippen LogP contribution >= 0.6 is 34.8 Å². The minimum Gasteiger partial charge on any atom is -0.461 e. The molecule has 2 aromatic rings. The lowest BCUT2D eigenvalue weighted by Crippen LogP contribution is -2.53. The number of likely N-dealkylation sites (tertiary alicyclic amines) is 1. The molecule has 8 nitrogen and oxygen atoms in total. The van der Waals surface area contributed by atoms with Crippen molar-refractivity contribution < 1.29 is 17.9 Å². The molecule has 2 amide bonds. The van der Waals surface area contributed by atoms with Gasteiger partial charge in [-0.1, -0.05) is 59.1 Å². The molecular formula is C25H31Cl3N4O4S. The van der Waals surface area contributed by atoms with Gasteiger partial charge in [0.05, 0.1) is 6.26 Å². The van der Waals surface area contributed by atoms with Crippen LogP contribution < -0.4 is 4.74 Å². The maximum Gasteiger partial charge on any atom is 0.320 e. The second-order valence-corrected chi connectivity index (χ2v) is 12.9. The molecule has 2 unspecified atom stereocenters. The topological polar surface area (TPSA) is 73.4 Å². The molecule has 4 rings (SSSR count). The number of rotatable bonds is 7. The number of carbonyl (C=O) groups is 1. The van der Waals surface area contributed by atoms with Crippen molar-refractivity contribution in [1.82, 2.24) is 19.0 Å². The standard InChI is InChI=1S/C25H31Cl3N4O4S/c1-29(15-18-3-9-21(10-4-18)36-24(27)28)23-17-31(16-22(23)19-5-7-20(26)8-6-19)25(33)30-11-13-32(14-12-30)37(2,34)35/h3-10,22-24H,11-17H2,1-2H3. The van der Waals surface area contributed by atoms with Crippen LogP contribution in [-0.2, 0) is 16.6 Å². The van der Waals surface area contributed by atoms with Gasteiger partial charge in [-0.05, 0) is 42.4 Å². The van der Waals surface area contributed by atoms with Crippen LogP contribution in [0, 0.1) is 0 Å². The van der Waals surface area contributed by atoms with Crippen molar-refractivity contribution in [1.29, 1.82) is 0 Å². The van der Waals surface area contributed by atoms with Gasteiger partial charge in [0.25, 0.3) is 0 Å². The summed E-state index contributed by atoms with van der Waals surface area (Å²) in [6.07, 6.45) is 1.20. The van der Waals surface area contributed by atoms with Gasteiger partial charge in [0.2, 0.25) is 15.0 Å². The monoisotopic (exact) mass is 588 g/mol. The smallest absolute Gasteiger partial charge is 0.320 e. The SMILES string of the molecule is CN(Cc1ccc(OC(Cl)Cl)cc1)C1CN(C(=O)N2CCN(S(C)(=O)=O)CC2)CC1c1ccc(Cl)cc1. The van der Waals surface area contributed by atoms with E-state index in [1.165, 1.54) is 10.6 Å². The Balaban J connectivity index is 1.47. The maximum absolute atomic E-state index is 13.4. The van der Waals surface area contributed by atoms with E-state index >= 15 is 0 Å². The van der Waals surface area contributed by atoms with Crippen LogP contribution in [0.25, 0.3) is 0 Å². The van der Waals surface area contributed by atoms with Crippen LogP contribution in [0.4, 0.5) is 4.79 Å². The molecule has 0 radical (unpaired) electrons. The number of hydrogen-bond donors (Lipinski definition) is 0. The van der Waals surface area contributed by atoms with E-state index in [-0.39, 0.29) is 18.0 Å². The predicted octanol–water partition coefficient (Wildman–Crippen LogP) is 4.08. The van der Waals surface area contributed by atoms with E-state index in [0.29, 0.717) is 56.6 Å². The lowest BCUT2D eigenvalue weighted by molar-refractivity contribution is 0.138. The van der Waals surface area contributed by atoms with Crippen molar-refractivity contribution in [2.75, 3.05) is 52.6 Å². The number of benzene rings is 2. The molecule has 12 heteroatoms. The zero-order chi connectivity index (χ0) is 26.7. The molecule has 0 N–H and O–H groups in total. The molecule has 2 aliphatic heterocycles. The number of amides is 2. The number of halogens is 3. The van der Waals surface area contributed by atoms with Crippen molar-refractivity contribution in [3.8, 4) is 5.75 Å². The number of sulfonamides is 1. The molecule has 0 aromatic heterocycles. The van der Waals surface area contributed by atoms with Gasteiger partial charge in [-0.2, -0.15) is 4.31 Å². The summed E-state index contributed by atoms with van der Waals surface area (Å²) >= 11 is 17.5. The first kappa shape index (κ1) is 28.3. The number of nitrogens with zero attached hydrogens (tertiary/aromatic N) is 4. The van der Waals surface area contributed by atoms with Gasteiger partial charge in [-0.15, -0.1) is 0 Å². The molecule has 2 fully saturated rings. The molecule has 2 heterocycles. The second kappa shape index (κ2) is 12.0. The summed E-state index contributed by atoms with van der Waals surface area (Å²) in [7, 11) is -1.20. The minimum absolute atomic E-state index is 0.0544. The van der Waals surface area contributed by atoms with Crippen molar-refractivity contribution in [2.24, 2.45) is 0 Å². The molecule has 2 saturated heterocycles. The zero-order valence-corrected chi connectivity index (χ0v) is 23.8. The Morgan fingerprint density at radius 1 is 1.00 bits per heavy atom. The maximum atomic E-state index is 13.4. The van der Waals surface area contributed by atoms with Crippen molar-refractivity contribution >= 4 is 50.9 Å². The normalized spacial score (nSPS) is 21.2. The highest BCUT2D eigenvalue weighted by molar-refractivity contribution is 7.88. The Kier molecular flexibility index (Phi) is 9.14. The first-order valence-electron chi connectivity index (χ1n) is 12.0. The van der Waals surface area contributed by atoms with Crippen LogP contribution in [0.1, 0.15) is 17.0 Å². The lowest BCUT2D eigenvalue weighted by Gasteiger charge is -2.35. The highest BCUT2D eigenvalue weighted by Gasteiger charge is 2.40. The van der Waals surface area contributed by atoms with E-state index in [1.54, 1.807) is 4.90 Å². The third-order valence-electron chi connectivity index (χ3n) is 6.98. The van der Waals surface area contributed by atoms with E-state index in [0.717, 1.165) is 11.1 Å². The van der Waals surface area contributed by atoms with E-state index in [9.17, 15) is 13.2 Å². The van der Waals surface area contributed by atoms with E-state index in [1.807, 2.05) is 53.4 Å². The van der Waals surface area contributed by atoms with Gasteiger partial charge >= 0.3 is 6.03 Å². The summed E-state index contributed by atoms with van der Waals surface area (Å²) < 4.78 is 30.4. The predicted molar refractivity (Wildman–Crippen MR) is 147 cm³/mol. The summed E-state index contributed by atoms with van der Waals surface area (Å²) in [4.78, 5) is 19.3. The number of ether oxygens (including phenoxy) is 1. The average Bonchev–Trinajstić information content (AvgIpc) is 3.30. The third-order valence-corrected chi connectivity index (χ3v) is 8.72. The molecule has 0 bridgehead atoms. The third kappa shape index (κ3) is 7.22. The van der Waals surface area contributed by atoms with Crippen molar-refractivity contribution in [3.63, 3.8) is 0 Å². The van der Waals surface area contributed by atoms with Gasteiger partial charge < -0.3 is 14.5 Å². The summed E-state index contributed by atoms with van der Waals surface area (Å²) in [5.41, 5.74) is 2.21. The number of hydrogen-bond acceptors (Lipinski definition) is 5. The Hall–Kier alpha value is -1.75. The molecule has 202 valence electrons. The first-order chi connectivity index (χ1) is 17.5. The molecular weight excluding hydrogens is 559 g/mol. The van der Waals surface area contributed by atoms with Crippen LogP contribution in [0.2, 0.25) is 5.02 Å². The first-order valence-corrected chi connectivity index (χ1v) is 15.1. The fourth-order valence-electron chi connectivity index (χ4n) is 5.02. The van der Waals surface area contributed by atoms with Gasteiger partial charge in [-0.25, -0.2) is 13.2 Å². The second-order valence-electron chi connectivity index (χ2n) is 9.50. The van der Waals surface area contributed by atoms with Crippen LogP contribution in [0.5, 0.6) is 5.75 Å². The fraction of sp³-hybridized carbons (Fsp3) is 0.480. The average molecular weight is 590 g/mol. The number of alkyl halides is 2. The molecule has 37 heavy (non-hydrogen) atoms. The molecule has 0 spiro atoms. The summed E-state index contributed by atoms with van der Waals surface area (Å²) in [5, 5.41) is -0.258. The Bertz CT molecular complexity index is 1170. The molecule has 2 aromatic carbocycles. The van der Waals surface area contributed by atoms with Gasteiger partial charge in [-0.3, -0.25) is 4.90 Å². The molecule has 2 aliphatic rings. The van der Waals surface area contributed by atoms with E-state index in [4.69, 9.17) is 39.5 Å². The Labute approximate surface area is 233 Å². The van der Waals surface area contributed by atoms with E-state index in [2.05, 4.69) is 11.9 Å². The zero-order valence-electron chi connectivity index (χ0n) is 20.8.